The van der Waals surface area contributed by atoms with Crippen LogP contribution in [-0.4, -0.2) is 24.3 Å². The minimum atomic E-state index is -1.02. The van der Waals surface area contributed by atoms with E-state index in [1.165, 1.54) is 3.93 Å². The summed E-state index contributed by atoms with van der Waals surface area (Å²) in [5.74, 6) is 0.857. The number of rotatable bonds is 7. The van der Waals surface area contributed by atoms with Crippen LogP contribution in [0.2, 0.25) is 3.93 Å². The number of halogens is 1. The Hall–Kier alpha value is -1.11. The molecule has 1 saturated heterocycles. The number of amides is 1. The molecule has 1 aliphatic heterocycles. The van der Waals surface area contributed by atoms with E-state index in [1.807, 2.05) is 48.5 Å². The van der Waals surface area contributed by atoms with E-state index in [-0.39, 0.29) is 12.6 Å². The van der Waals surface area contributed by atoms with E-state index in [9.17, 15) is 4.79 Å². The topological polar surface area (TPSA) is 50.8 Å². The number of ether oxygens (including phenoxy) is 2. The van der Waals surface area contributed by atoms with Crippen molar-refractivity contribution in [3.8, 4) is 5.75 Å². The second kappa shape index (κ2) is 10.4. The number of para-hydroxylation sites is 1. The van der Waals surface area contributed by atoms with Crippen LogP contribution in [-0.2, 0) is 33.5 Å². The standard InChI is InChI=1S/C20H23N2O3.BrH.Hg/c1-15-12-13-18(17-10-6-7-11-19(17)24-2)22(15)21-20(23)25-14-16-8-4-3-5-9-16;;/h3-11,15,18H,1,12-14H2,2H3,(H,21,23);1H;/q;;+1/p-1. The number of carbonyl (C=O) groups is 1. The van der Waals surface area contributed by atoms with Crippen LogP contribution in [0.15, 0.2) is 54.6 Å². The summed E-state index contributed by atoms with van der Waals surface area (Å²) < 4.78 is 12.2. The first-order chi connectivity index (χ1) is 13.2. The van der Waals surface area contributed by atoms with Gasteiger partial charge in [0.05, 0.1) is 0 Å². The molecule has 5 nitrogen and oxygen atoms in total. The summed E-state index contributed by atoms with van der Waals surface area (Å²) in [6.45, 7) is 0.267. The van der Waals surface area contributed by atoms with Crippen molar-refractivity contribution in [2.24, 2.45) is 0 Å². The van der Waals surface area contributed by atoms with Crippen molar-refractivity contribution >= 4 is 18.0 Å². The SMILES string of the molecule is COc1ccccc1C1CCC([CH2][Hg][Br])N1NC(=O)OCc1ccccc1. The van der Waals surface area contributed by atoms with E-state index >= 15 is 0 Å². The molecule has 140 valence electrons. The average molecular weight is 620 g/mol. The minimum absolute atomic E-state index is 0.0999. The van der Waals surface area contributed by atoms with Gasteiger partial charge in [-0.2, -0.15) is 0 Å². The Morgan fingerprint density at radius 1 is 1.19 bits per heavy atom. The van der Waals surface area contributed by atoms with Gasteiger partial charge in [0.2, 0.25) is 0 Å². The molecule has 2 aromatic rings. The molecule has 1 aliphatic rings. The number of carbonyl (C=O) groups excluding carboxylic acids is 1. The van der Waals surface area contributed by atoms with Crippen molar-refractivity contribution in [3.63, 3.8) is 0 Å². The van der Waals surface area contributed by atoms with E-state index in [1.54, 1.807) is 7.11 Å². The predicted molar refractivity (Wildman–Crippen MR) is 104 cm³/mol. The van der Waals surface area contributed by atoms with Crippen LogP contribution in [0.1, 0.15) is 30.0 Å². The van der Waals surface area contributed by atoms with Crippen molar-refractivity contribution in [1.82, 2.24) is 10.4 Å². The fourth-order valence-electron chi connectivity index (χ4n) is 3.57. The van der Waals surface area contributed by atoms with Gasteiger partial charge in [0, 0.05) is 0 Å². The van der Waals surface area contributed by atoms with E-state index in [2.05, 4.69) is 28.4 Å². The van der Waals surface area contributed by atoms with Gasteiger partial charge in [-0.25, -0.2) is 0 Å². The first-order valence-corrected chi connectivity index (χ1v) is 25.0. The van der Waals surface area contributed by atoms with Gasteiger partial charge in [0.1, 0.15) is 0 Å². The first-order valence-electron chi connectivity index (χ1n) is 9.17. The Labute approximate surface area is 178 Å². The van der Waals surface area contributed by atoms with Gasteiger partial charge in [0.15, 0.2) is 0 Å². The molecule has 0 aliphatic carbocycles. The molecule has 1 amide bonds. The van der Waals surface area contributed by atoms with E-state index in [0.29, 0.717) is 6.04 Å². The number of benzene rings is 2. The number of nitrogens with one attached hydrogen (secondary N) is 1. The predicted octanol–water partition coefficient (Wildman–Crippen LogP) is 4.85. The van der Waals surface area contributed by atoms with Gasteiger partial charge < -0.3 is 0 Å². The maximum absolute atomic E-state index is 12.5. The third kappa shape index (κ3) is 5.45. The monoisotopic (exact) mass is 620 g/mol. The Morgan fingerprint density at radius 3 is 2.67 bits per heavy atom. The second-order valence-electron chi connectivity index (χ2n) is 6.55. The van der Waals surface area contributed by atoms with Gasteiger partial charge in [-0.3, -0.25) is 0 Å². The van der Waals surface area contributed by atoms with Crippen molar-refractivity contribution in [2.75, 3.05) is 7.11 Å². The zero-order valence-electron chi connectivity index (χ0n) is 15.4. The molecule has 2 unspecified atom stereocenters. The molecule has 0 bridgehead atoms. The Morgan fingerprint density at radius 2 is 1.93 bits per heavy atom. The van der Waals surface area contributed by atoms with Gasteiger partial charge in [-0.15, -0.1) is 0 Å². The number of methoxy groups -OCH3 is 1. The van der Waals surface area contributed by atoms with Gasteiger partial charge in [-0.1, -0.05) is 0 Å². The van der Waals surface area contributed by atoms with Crippen molar-refractivity contribution < 1.29 is 36.4 Å². The fourth-order valence-corrected chi connectivity index (χ4v) is 11.4. The third-order valence-corrected chi connectivity index (χ3v) is 12.3. The molecule has 27 heavy (non-hydrogen) atoms. The molecule has 1 fully saturated rings. The first kappa shape index (κ1) is 20.6. The zero-order chi connectivity index (χ0) is 19.1. The molecule has 2 aromatic carbocycles. The maximum atomic E-state index is 12.5. The summed E-state index contributed by atoms with van der Waals surface area (Å²) in [7, 11) is 1.69. The van der Waals surface area contributed by atoms with E-state index < -0.39 is 28.2 Å². The van der Waals surface area contributed by atoms with Crippen LogP contribution in [0.4, 0.5) is 4.79 Å². The molecule has 0 radical (unpaired) electrons. The average Bonchev–Trinajstić information content (AvgIpc) is 3.09. The quantitative estimate of drug-likeness (QED) is 0.451. The van der Waals surface area contributed by atoms with Gasteiger partial charge in [-0.05, 0) is 0 Å². The summed E-state index contributed by atoms with van der Waals surface area (Å²) in [5, 5.41) is 2.09. The second-order valence-corrected chi connectivity index (χ2v) is 17.2. The molecular weight excluding hydrogens is 597 g/mol. The summed E-state index contributed by atoms with van der Waals surface area (Å²) in [4.78, 5) is 12.5. The van der Waals surface area contributed by atoms with Crippen molar-refractivity contribution in [2.45, 2.75) is 35.5 Å². The number of hydrogen-bond donors (Lipinski definition) is 1. The molecule has 3 rings (SSSR count). The summed E-state index contributed by atoms with van der Waals surface area (Å²) >= 11 is 2.73. The van der Waals surface area contributed by atoms with Crippen LogP contribution < -0.4 is 10.2 Å². The zero-order valence-corrected chi connectivity index (χ0v) is 22.5. The summed E-state index contributed by atoms with van der Waals surface area (Å²) in [5.41, 5.74) is 5.10. The Bertz CT molecular complexity index is 747. The van der Waals surface area contributed by atoms with Gasteiger partial charge >= 0.3 is 179 Å². The van der Waals surface area contributed by atoms with Crippen molar-refractivity contribution in [3.05, 3.63) is 65.7 Å². The van der Waals surface area contributed by atoms with Crippen LogP contribution in [0, 0.1) is 0 Å². The number of hydrazine groups is 1. The van der Waals surface area contributed by atoms with Crippen LogP contribution in [0.5, 0.6) is 5.75 Å². The summed E-state index contributed by atoms with van der Waals surface area (Å²) in [6, 6.07) is 18.2. The molecule has 1 heterocycles. The van der Waals surface area contributed by atoms with Gasteiger partial charge in [0.25, 0.3) is 0 Å². The molecule has 0 aromatic heterocycles. The molecule has 2 atom stereocenters. The molecule has 0 spiro atoms. The third-order valence-electron chi connectivity index (χ3n) is 4.88. The van der Waals surface area contributed by atoms with Crippen LogP contribution in [0.25, 0.3) is 0 Å². The van der Waals surface area contributed by atoms with Crippen LogP contribution in [0.3, 0.4) is 0 Å². The molecule has 1 N–H and O–H groups in total. The molecule has 0 saturated carbocycles. The number of hydrogen-bond acceptors (Lipinski definition) is 4. The van der Waals surface area contributed by atoms with E-state index in [4.69, 9.17) is 9.47 Å². The Balaban J connectivity index is 1.70. The fraction of sp³-hybridized carbons (Fsp3) is 0.350. The number of nitrogens with zero attached hydrogens (tertiary/aromatic N) is 1. The normalized spacial score (nSPS) is 19.3. The van der Waals surface area contributed by atoms with Crippen LogP contribution >= 0.6 is 11.9 Å². The summed E-state index contributed by atoms with van der Waals surface area (Å²) in [6.07, 6.45) is 1.65. The van der Waals surface area contributed by atoms with E-state index in [0.717, 1.165) is 29.7 Å². The van der Waals surface area contributed by atoms with Crippen molar-refractivity contribution in [1.29, 1.82) is 0 Å². The molecular formula is C20H23BrHgN2O3. The Kier molecular flexibility index (Phi) is 7.97. The molecule has 7 heteroatoms.